The molecule has 1 aromatic carbocycles. The van der Waals surface area contributed by atoms with Gasteiger partial charge in [-0.25, -0.2) is 0 Å². The molecule has 0 radical (unpaired) electrons. The molecule has 1 amide bonds. The molecule has 98 valence electrons. The fraction of sp³-hybridized carbons (Fsp3) is 0.286. The summed E-state index contributed by atoms with van der Waals surface area (Å²) in [4.78, 5) is 11.6. The molecule has 5 nitrogen and oxygen atoms in total. The molecule has 1 aromatic heterocycles. The van der Waals surface area contributed by atoms with Gasteiger partial charge in [-0.3, -0.25) is 9.89 Å². The molecule has 5 heteroatoms. The van der Waals surface area contributed by atoms with E-state index in [-0.39, 0.29) is 5.91 Å². The first-order valence-electron chi connectivity index (χ1n) is 6.28. The van der Waals surface area contributed by atoms with Crippen LogP contribution in [-0.4, -0.2) is 26.8 Å². The van der Waals surface area contributed by atoms with Crippen LogP contribution >= 0.6 is 0 Å². The summed E-state index contributed by atoms with van der Waals surface area (Å²) in [5.74, 6) is -0.302. The maximum absolute atomic E-state index is 11.6. The van der Waals surface area contributed by atoms with Gasteiger partial charge < -0.3 is 10.4 Å². The highest BCUT2D eigenvalue weighted by molar-refractivity contribution is 5.87. The Labute approximate surface area is 110 Å². The largest absolute Gasteiger partial charge is 0.380 e. The van der Waals surface area contributed by atoms with Crippen molar-refractivity contribution in [1.29, 1.82) is 0 Å². The lowest BCUT2D eigenvalue weighted by Crippen LogP contribution is -2.35. The third-order valence-electron chi connectivity index (χ3n) is 3.29. The van der Waals surface area contributed by atoms with Gasteiger partial charge in [0.15, 0.2) is 0 Å². The molecule has 0 aliphatic heterocycles. The van der Waals surface area contributed by atoms with E-state index < -0.39 is 5.60 Å². The molecule has 2 aromatic rings. The Morgan fingerprint density at radius 3 is 2.79 bits per heavy atom. The summed E-state index contributed by atoms with van der Waals surface area (Å²) in [7, 11) is 0. The van der Waals surface area contributed by atoms with Crippen molar-refractivity contribution >= 4 is 5.91 Å². The monoisotopic (exact) mass is 257 g/mol. The van der Waals surface area contributed by atoms with E-state index in [0.29, 0.717) is 19.4 Å². The van der Waals surface area contributed by atoms with Crippen molar-refractivity contribution in [3.05, 3.63) is 42.1 Å². The number of aliphatic hydroxyl groups is 1. The molecule has 1 fully saturated rings. The minimum absolute atomic E-state index is 0.302. The summed E-state index contributed by atoms with van der Waals surface area (Å²) in [6.07, 6.45) is 1.11. The first kappa shape index (κ1) is 11.9. The van der Waals surface area contributed by atoms with Crippen LogP contribution in [0.15, 0.2) is 36.4 Å². The Kier molecular flexibility index (Phi) is 2.83. The van der Waals surface area contributed by atoms with Crippen LogP contribution in [0.5, 0.6) is 0 Å². The number of nitrogens with zero attached hydrogens (tertiary/aromatic N) is 1. The second kappa shape index (κ2) is 4.51. The van der Waals surface area contributed by atoms with Gasteiger partial charge in [0.2, 0.25) is 0 Å². The van der Waals surface area contributed by atoms with E-state index in [2.05, 4.69) is 15.5 Å². The van der Waals surface area contributed by atoms with Gasteiger partial charge in [0.25, 0.3) is 5.91 Å². The highest BCUT2D eigenvalue weighted by Gasteiger charge is 2.47. The quantitative estimate of drug-likeness (QED) is 0.770. The third kappa shape index (κ3) is 2.51. The van der Waals surface area contributed by atoms with Crippen molar-refractivity contribution in [1.82, 2.24) is 15.5 Å². The van der Waals surface area contributed by atoms with Crippen LogP contribution in [0.25, 0.3) is 11.3 Å². The molecule has 1 aliphatic rings. The topological polar surface area (TPSA) is 78.0 Å². The molecule has 19 heavy (non-hydrogen) atoms. The Morgan fingerprint density at radius 2 is 2.11 bits per heavy atom. The second-order valence-electron chi connectivity index (χ2n) is 4.86. The number of aromatic nitrogens is 2. The lowest BCUT2D eigenvalue weighted by Gasteiger charge is -2.07. The second-order valence-corrected chi connectivity index (χ2v) is 4.86. The smallest absolute Gasteiger partial charge is 0.252 e. The molecule has 0 saturated heterocycles. The highest BCUT2D eigenvalue weighted by atomic mass is 16.3. The average molecular weight is 257 g/mol. The Morgan fingerprint density at radius 1 is 1.37 bits per heavy atom. The van der Waals surface area contributed by atoms with Gasteiger partial charge in [0.05, 0.1) is 17.9 Å². The number of H-pyrrole nitrogens is 1. The summed E-state index contributed by atoms with van der Waals surface area (Å²) < 4.78 is 0. The number of hydrogen-bond acceptors (Lipinski definition) is 3. The van der Waals surface area contributed by atoms with Crippen molar-refractivity contribution in [2.45, 2.75) is 25.0 Å². The van der Waals surface area contributed by atoms with E-state index in [9.17, 15) is 9.90 Å². The lowest BCUT2D eigenvalue weighted by atomic mass is 10.1. The molecule has 1 saturated carbocycles. The first-order valence-corrected chi connectivity index (χ1v) is 6.28. The van der Waals surface area contributed by atoms with Crippen molar-refractivity contribution in [3.8, 4) is 11.3 Å². The van der Waals surface area contributed by atoms with Gasteiger partial charge in [0.1, 0.15) is 5.60 Å². The van der Waals surface area contributed by atoms with Crippen molar-refractivity contribution in [2.24, 2.45) is 0 Å². The Balaban J connectivity index is 1.64. The van der Waals surface area contributed by atoms with E-state index in [1.54, 1.807) is 0 Å². The number of benzene rings is 1. The molecular weight excluding hydrogens is 242 g/mol. The molecule has 0 spiro atoms. The number of amides is 1. The summed E-state index contributed by atoms with van der Waals surface area (Å²) in [6.45, 7) is 0.348. The van der Waals surface area contributed by atoms with E-state index >= 15 is 0 Å². The molecule has 0 atom stereocenters. The molecule has 3 N–H and O–H groups in total. The summed E-state index contributed by atoms with van der Waals surface area (Å²) in [5.41, 5.74) is 1.56. The van der Waals surface area contributed by atoms with Crippen LogP contribution in [0, 0.1) is 0 Å². The lowest BCUT2D eigenvalue weighted by molar-refractivity contribution is -0.131. The van der Waals surface area contributed by atoms with Crippen LogP contribution in [0.2, 0.25) is 0 Å². The average Bonchev–Trinajstić information content (AvgIpc) is 3.03. The van der Waals surface area contributed by atoms with Gasteiger partial charge in [0, 0.05) is 5.56 Å². The number of nitrogens with one attached hydrogen (secondary N) is 2. The summed E-state index contributed by atoms with van der Waals surface area (Å²) >= 11 is 0. The predicted molar refractivity (Wildman–Crippen MR) is 70.1 cm³/mol. The maximum Gasteiger partial charge on any atom is 0.252 e. The third-order valence-corrected chi connectivity index (χ3v) is 3.29. The molecule has 3 rings (SSSR count). The van der Waals surface area contributed by atoms with Gasteiger partial charge in [-0.1, -0.05) is 30.3 Å². The molecule has 0 unspecified atom stereocenters. The fourth-order valence-electron chi connectivity index (χ4n) is 1.89. The molecule has 1 heterocycles. The number of rotatable bonds is 4. The van der Waals surface area contributed by atoms with Gasteiger partial charge in [-0.2, -0.15) is 5.10 Å². The van der Waals surface area contributed by atoms with E-state index in [1.807, 2.05) is 36.4 Å². The van der Waals surface area contributed by atoms with Crippen LogP contribution in [0.3, 0.4) is 0 Å². The number of hydrogen-bond donors (Lipinski definition) is 3. The summed E-state index contributed by atoms with van der Waals surface area (Å²) in [6, 6.07) is 11.7. The van der Waals surface area contributed by atoms with Crippen LogP contribution < -0.4 is 5.32 Å². The zero-order valence-corrected chi connectivity index (χ0v) is 10.4. The van der Waals surface area contributed by atoms with Crippen molar-refractivity contribution in [3.63, 3.8) is 0 Å². The van der Waals surface area contributed by atoms with Crippen molar-refractivity contribution in [2.75, 3.05) is 0 Å². The zero-order chi connectivity index (χ0) is 13.3. The fourth-order valence-corrected chi connectivity index (χ4v) is 1.89. The molecule has 0 bridgehead atoms. The van der Waals surface area contributed by atoms with Gasteiger partial charge in [-0.15, -0.1) is 0 Å². The SMILES string of the molecule is O=C(NCc1cc(-c2ccccc2)n[nH]1)C1(O)CC1. The minimum Gasteiger partial charge on any atom is -0.380 e. The van der Waals surface area contributed by atoms with E-state index in [1.165, 1.54) is 0 Å². The van der Waals surface area contributed by atoms with E-state index in [4.69, 9.17) is 0 Å². The van der Waals surface area contributed by atoms with Crippen LogP contribution in [0.4, 0.5) is 0 Å². The van der Waals surface area contributed by atoms with Gasteiger partial charge >= 0.3 is 0 Å². The molecule has 1 aliphatic carbocycles. The summed E-state index contributed by atoms with van der Waals surface area (Å²) in [5, 5.41) is 19.4. The zero-order valence-electron chi connectivity index (χ0n) is 10.4. The Hall–Kier alpha value is -2.14. The standard InChI is InChI=1S/C14H15N3O2/c18-13(14(19)6-7-14)15-9-11-8-12(17-16-11)10-4-2-1-3-5-10/h1-5,8,19H,6-7,9H2,(H,15,18)(H,16,17). The van der Waals surface area contributed by atoms with Crippen molar-refractivity contribution < 1.29 is 9.90 Å². The minimum atomic E-state index is -1.12. The normalized spacial score (nSPS) is 16.1. The predicted octanol–water partition coefficient (Wildman–Crippen LogP) is 1.22. The van der Waals surface area contributed by atoms with Crippen LogP contribution in [0.1, 0.15) is 18.5 Å². The number of aromatic amines is 1. The Bertz CT molecular complexity index is 588. The number of carbonyl (C=O) groups excluding carboxylic acids is 1. The maximum atomic E-state index is 11.6. The first-order chi connectivity index (χ1) is 9.17. The van der Waals surface area contributed by atoms with Gasteiger partial charge in [-0.05, 0) is 18.9 Å². The molecular formula is C14H15N3O2. The highest BCUT2D eigenvalue weighted by Crippen LogP contribution is 2.35. The van der Waals surface area contributed by atoms with E-state index in [0.717, 1.165) is 17.0 Å². The van der Waals surface area contributed by atoms with Crippen LogP contribution in [-0.2, 0) is 11.3 Å². The number of carbonyl (C=O) groups is 1.